The molecule has 202 valence electrons. The molecule has 0 bridgehead atoms. The number of nitrogens with one attached hydrogen (secondary N) is 2. The molecule has 3 rings (SSSR count). The van der Waals surface area contributed by atoms with Gasteiger partial charge in [-0.05, 0) is 60.2 Å². The van der Waals surface area contributed by atoms with Crippen LogP contribution in [0.5, 0.6) is 0 Å². The van der Waals surface area contributed by atoms with Crippen molar-refractivity contribution in [2.24, 2.45) is 0 Å². The average molecular weight is 554 g/mol. The number of hydrogen-bond acceptors (Lipinski definition) is 4. The van der Waals surface area contributed by atoms with Crippen LogP contribution >= 0.6 is 0 Å². The van der Waals surface area contributed by atoms with E-state index in [1.54, 1.807) is 4.72 Å². The summed E-state index contributed by atoms with van der Waals surface area (Å²) >= 11 is 0. The van der Waals surface area contributed by atoms with Crippen molar-refractivity contribution in [1.82, 2.24) is 10.3 Å². The fraction of sp³-hybridized carbons (Fsp3) is 0.231. The van der Waals surface area contributed by atoms with E-state index in [4.69, 9.17) is 0 Å². The standard InChI is InChI=1S/C26H24F5N3O3S/c1-38(36,37)34-25-20(27)15-18(16-21(25)28)13-14-32-24(35)12-9-19-8-11-23(26(29,30)31)33-22(19)10-7-17-5-3-2-4-6-17/h2-6,8-9,11-12,15-16,34H,7,10,13-14H2,1H3,(H,32,35). The molecule has 1 amide bonds. The molecule has 2 N–H and O–H groups in total. The summed E-state index contributed by atoms with van der Waals surface area (Å²) < 4.78 is 92.0. The molecule has 1 heterocycles. The number of aromatic nitrogens is 1. The molecule has 12 heteroatoms. The van der Waals surface area contributed by atoms with Gasteiger partial charge in [0.05, 0.1) is 6.26 Å². The van der Waals surface area contributed by atoms with E-state index in [0.29, 0.717) is 12.0 Å². The Bertz CT molecular complexity index is 1400. The zero-order chi connectivity index (χ0) is 27.9. The molecule has 0 spiro atoms. The van der Waals surface area contributed by atoms with Crippen LogP contribution in [-0.4, -0.2) is 32.1 Å². The van der Waals surface area contributed by atoms with Crippen molar-refractivity contribution in [2.75, 3.05) is 17.5 Å². The van der Waals surface area contributed by atoms with Gasteiger partial charge in [-0.25, -0.2) is 22.2 Å². The van der Waals surface area contributed by atoms with Crippen LogP contribution in [0.15, 0.2) is 60.7 Å². The third-order valence-electron chi connectivity index (χ3n) is 5.31. The minimum Gasteiger partial charge on any atom is -0.352 e. The molecule has 0 saturated heterocycles. The van der Waals surface area contributed by atoms with Crippen LogP contribution in [0.3, 0.4) is 0 Å². The van der Waals surface area contributed by atoms with Crippen molar-refractivity contribution in [1.29, 1.82) is 0 Å². The molecule has 0 aliphatic rings. The SMILES string of the molecule is CS(=O)(=O)Nc1c(F)cc(CCNC(=O)C=Cc2ccc(C(F)(F)F)nc2CCc2ccccc2)cc1F. The molecule has 0 saturated carbocycles. The van der Waals surface area contributed by atoms with E-state index in [2.05, 4.69) is 10.3 Å². The number of anilines is 1. The predicted molar refractivity (Wildman–Crippen MR) is 134 cm³/mol. The summed E-state index contributed by atoms with van der Waals surface area (Å²) in [6, 6.07) is 13.2. The Morgan fingerprint density at radius 1 is 0.947 bits per heavy atom. The van der Waals surface area contributed by atoms with Crippen LogP contribution in [0.1, 0.15) is 28.1 Å². The van der Waals surface area contributed by atoms with Crippen LogP contribution in [0, 0.1) is 11.6 Å². The number of pyridine rings is 1. The summed E-state index contributed by atoms with van der Waals surface area (Å²) in [6.07, 6.45) is -0.652. The molecule has 6 nitrogen and oxygen atoms in total. The second-order valence-corrected chi connectivity index (χ2v) is 10.1. The lowest BCUT2D eigenvalue weighted by Gasteiger charge is -2.11. The molecular formula is C26H24F5N3O3S. The monoisotopic (exact) mass is 553 g/mol. The number of halogens is 5. The molecule has 0 aliphatic carbocycles. The van der Waals surface area contributed by atoms with Gasteiger partial charge in [0, 0.05) is 18.3 Å². The van der Waals surface area contributed by atoms with Crippen molar-refractivity contribution in [3.63, 3.8) is 0 Å². The minimum absolute atomic E-state index is 0.00691. The molecule has 2 aromatic carbocycles. The number of carbonyl (C=O) groups is 1. The number of carbonyl (C=O) groups excluding carboxylic acids is 1. The molecule has 1 aromatic heterocycles. The third kappa shape index (κ3) is 8.65. The van der Waals surface area contributed by atoms with E-state index >= 15 is 0 Å². The third-order valence-corrected chi connectivity index (χ3v) is 5.88. The fourth-order valence-electron chi connectivity index (χ4n) is 3.54. The van der Waals surface area contributed by atoms with Gasteiger partial charge in [-0.2, -0.15) is 13.2 Å². The maximum Gasteiger partial charge on any atom is 0.433 e. The molecule has 0 unspecified atom stereocenters. The highest BCUT2D eigenvalue weighted by atomic mass is 32.2. The maximum atomic E-state index is 14.1. The van der Waals surface area contributed by atoms with Crippen molar-refractivity contribution in [3.8, 4) is 0 Å². The lowest BCUT2D eigenvalue weighted by atomic mass is 10.0. The van der Waals surface area contributed by atoms with E-state index < -0.39 is 45.1 Å². The second-order valence-electron chi connectivity index (χ2n) is 8.40. The first-order chi connectivity index (χ1) is 17.8. The normalized spacial score (nSPS) is 12.1. The largest absolute Gasteiger partial charge is 0.433 e. The summed E-state index contributed by atoms with van der Waals surface area (Å²) in [5.41, 5.74) is -0.190. The van der Waals surface area contributed by atoms with Crippen molar-refractivity contribution < 1.29 is 35.2 Å². The molecule has 38 heavy (non-hydrogen) atoms. The molecule has 0 fully saturated rings. The second kappa shape index (κ2) is 12.2. The number of aryl methyl sites for hydroxylation is 2. The molecule has 0 radical (unpaired) electrons. The Hall–Kier alpha value is -3.80. The predicted octanol–water partition coefficient (Wildman–Crippen LogP) is 4.91. The van der Waals surface area contributed by atoms with E-state index in [1.807, 2.05) is 30.3 Å². The zero-order valence-electron chi connectivity index (χ0n) is 20.1. The van der Waals surface area contributed by atoms with Gasteiger partial charge in [-0.15, -0.1) is 0 Å². The lowest BCUT2D eigenvalue weighted by molar-refractivity contribution is -0.141. The Balaban J connectivity index is 1.65. The average Bonchev–Trinajstić information content (AvgIpc) is 2.83. The minimum atomic E-state index is -4.61. The summed E-state index contributed by atoms with van der Waals surface area (Å²) in [5.74, 6) is -2.78. The lowest BCUT2D eigenvalue weighted by Crippen LogP contribution is -2.23. The van der Waals surface area contributed by atoms with Gasteiger partial charge in [0.25, 0.3) is 0 Å². The number of rotatable bonds is 10. The number of nitrogens with zero attached hydrogens (tertiary/aromatic N) is 1. The highest BCUT2D eigenvalue weighted by molar-refractivity contribution is 7.92. The van der Waals surface area contributed by atoms with Gasteiger partial charge in [0.15, 0.2) is 11.6 Å². The van der Waals surface area contributed by atoms with E-state index in [-0.39, 0.29) is 30.6 Å². The summed E-state index contributed by atoms with van der Waals surface area (Å²) in [7, 11) is -3.88. The van der Waals surface area contributed by atoms with Gasteiger partial charge in [0.1, 0.15) is 11.4 Å². The van der Waals surface area contributed by atoms with Crippen LogP contribution in [0.25, 0.3) is 6.08 Å². The Kier molecular flexibility index (Phi) is 9.21. The van der Waals surface area contributed by atoms with E-state index in [9.17, 15) is 35.2 Å². The number of alkyl halides is 3. The van der Waals surface area contributed by atoms with Crippen LogP contribution < -0.4 is 10.0 Å². The Morgan fingerprint density at radius 2 is 1.61 bits per heavy atom. The van der Waals surface area contributed by atoms with E-state index in [0.717, 1.165) is 36.1 Å². The number of benzene rings is 2. The zero-order valence-corrected chi connectivity index (χ0v) is 21.0. The van der Waals surface area contributed by atoms with Crippen molar-refractivity contribution in [2.45, 2.75) is 25.4 Å². The Labute approximate surface area is 216 Å². The summed E-state index contributed by atoms with van der Waals surface area (Å²) in [4.78, 5) is 16.0. The first-order valence-corrected chi connectivity index (χ1v) is 13.2. The van der Waals surface area contributed by atoms with Crippen LogP contribution in [0.4, 0.5) is 27.6 Å². The topological polar surface area (TPSA) is 88.2 Å². The fourth-order valence-corrected chi connectivity index (χ4v) is 4.10. The van der Waals surface area contributed by atoms with Gasteiger partial charge in [0.2, 0.25) is 15.9 Å². The smallest absolute Gasteiger partial charge is 0.352 e. The van der Waals surface area contributed by atoms with Crippen molar-refractivity contribution >= 4 is 27.7 Å². The molecule has 0 atom stereocenters. The van der Waals surface area contributed by atoms with Crippen LogP contribution in [-0.2, 0) is 40.3 Å². The van der Waals surface area contributed by atoms with E-state index in [1.165, 1.54) is 12.1 Å². The van der Waals surface area contributed by atoms with Gasteiger partial charge in [-0.1, -0.05) is 36.4 Å². The number of sulfonamides is 1. The summed E-state index contributed by atoms with van der Waals surface area (Å²) in [6.45, 7) is -0.00691. The summed E-state index contributed by atoms with van der Waals surface area (Å²) in [5, 5.41) is 2.52. The van der Waals surface area contributed by atoms with Gasteiger partial charge in [-0.3, -0.25) is 9.52 Å². The van der Waals surface area contributed by atoms with Crippen molar-refractivity contribution in [3.05, 3.63) is 100 Å². The Morgan fingerprint density at radius 3 is 2.21 bits per heavy atom. The quantitative estimate of drug-likeness (QED) is 0.276. The first kappa shape index (κ1) is 28.8. The highest BCUT2D eigenvalue weighted by Crippen LogP contribution is 2.29. The van der Waals surface area contributed by atoms with Gasteiger partial charge < -0.3 is 5.32 Å². The van der Waals surface area contributed by atoms with Gasteiger partial charge >= 0.3 is 6.18 Å². The maximum absolute atomic E-state index is 14.1. The molecule has 0 aliphatic heterocycles. The number of hydrogen-bond donors (Lipinski definition) is 2. The number of amides is 1. The molecule has 3 aromatic rings. The van der Waals surface area contributed by atoms with Crippen LogP contribution in [0.2, 0.25) is 0 Å². The molecular weight excluding hydrogens is 529 g/mol. The first-order valence-electron chi connectivity index (χ1n) is 11.3. The highest BCUT2D eigenvalue weighted by Gasteiger charge is 2.32.